The largest absolute Gasteiger partial charge is 0.381 e. The predicted octanol–water partition coefficient (Wildman–Crippen LogP) is 0.803. The first kappa shape index (κ1) is 9.01. The monoisotopic (exact) mass is 167 g/mol. The Morgan fingerprint density at radius 1 is 1.83 bits per heavy atom. The molecular formula is C8H13N3O. The molecule has 0 amide bonds. The van der Waals surface area contributed by atoms with Crippen LogP contribution in [-0.4, -0.2) is 30.5 Å². The summed E-state index contributed by atoms with van der Waals surface area (Å²) < 4.78 is 5.18. The molecule has 1 aliphatic heterocycles. The SMILES string of the molecule is CC(=N)N(C#N)CC1CCOC1. The van der Waals surface area contributed by atoms with Crippen LogP contribution in [0.5, 0.6) is 0 Å². The average molecular weight is 167 g/mol. The number of rotatable bonds is 2. The third kappa shape index (κ3) is 2.21. The minimum Gasteiger partial charge on any atom is -0.381 e. The summed E-state index contributed by atoms with van der Waals surface area (Å²) in [5, 5.41) is 15.9. The second-order valence-corrected chi connectivity index (χ2v) is 3.03. The maximum Gasteiger partial charge on any atom is 0.185 e. The minimum absolute atomic E-state index is 0.310. The molecule has 0 aromatic heterocycles. The Kier molecular flexibility index (Phi) is 3.06. The molecule has 0 saturated carbocycles. The van der Waals surface area contributed by atoms with Gasteiger partial charge in [-0.05, 0) is 13.3 Å². The van der Waals surface area contributed by atoms with E-state index in [1.54, 1.807) is 6.92 Å². The number of hydrogen-bond acceptors (Lipinski definition) is 3. The van der Waals surface area contributed by atoms with Crippen molar-refractivity contribution < 1.29 is 4.74 Å². The van der Waals surface area contributed by atoms with Gasteiger partial charge < -0.3 is 4.74 Å². The van der Waals surface area contributed by atoms with E-state index in [2.05, 4.69) is 0 Å². The molecule has 0 bridgehead atoms. The van der Waals surface area contributed by atoms with Crippen molar-refractivity contribution in [2.45, 2.75) is 13.3 Å². The van der Waals surface area contributed by atoms with Gasteiger partial charge in [0.05, 0.1) is 6.61 Å². The summed E-state index contributed by atoms with van der Waals surface area (Å²) in [6, 6.07) is 0. The summed E-state index contributed by atoms with van der Waals surface area (Å²) in [5.74, 6) is 0.731. The van der Waals surface area contributed by atoms with Gasteiger partial charge in [-0.2, -0.15) is 5.26 Å². The Morgan fingerprint density at radius 3 is 3.00 bits per heavy atom. The van der Waals surface area contributed by atoms with Gasteiger partial charge in [-0.25, -0.2) is 0 Å². The van der Waals surface area contributed by atoms with E-state index >= 15 is 0 Å². The zero-order valence-corrected chi connectivity index (χ0v) is 7.21. The third-order valence-corrected chi connectivity index (χ3v) is 1.99. The molecule has 66 valence electrons. The summed E-state index contributed by atoms with van der Waals surface area (Å²) in [7, 11) is 0. The number of nitriles is 1. The highest BCUT2D eigenvalue weighted by atomic mass is 16.5. The van der Waals surface area contributed by atoms with E-state index < -0.39 is 0 Å². The molecule has 1 atom stereocenters. The second kappa shape index (κ2) is 4.07. The molecule has 0 aromatic rings. The van der Waals surface area contributed by atoms with Crippen LogP contribution >= 0.6 is 0 Å². The number of hydrogen-bond donors (Lipinski definition) is 1. The topological polar surface area (TPSA) is 60.1 Å². The number of amidine groups is 1. The molecule has 1 heterocycles. The van der Waals surface area contributed by atoms with Crippen molar-refractivity contribution in [3.05, 3.63) is 0 Å². The fourth-order valence-electron chi connectivity index (χ4n) is 1.24. The Hall–Kier alpha value is -1.08. The van der Waals surface area contributed by atoms with Crippen LogP contribution in [-0.2, 0) is 4.74 Å². The van der Waals surface area contributed by atoms with E-state index in [-0.39, 0.29) is 0 Å². The van der Waals surface area contributed by atoms with Crippen LogP contribution in [0.25, 0.3) is 0 Å². The van der Waals surface area contributed by atoms with Crippen LogP contribution in [0.2, 0.25) is 0 Å². The van der Waals surface area contributed by atoms with Crippen molar-refractivity contribution in [1.82, 2.24) is 4.90 Å². The van der Waals surface area contributed by atoms with Crippen molar-refractivity contribution in [3.63, 3.8) is 0 Å². The van der Waals surface area contributed by atoms with Crippen LogP contribution in [0, 0.1) is 22.8 Å². The first-order chi connectivity index (χ1) is 5.74. The lowest BCUT2D eigenvalue weighted by Crippen LogP contribution is -2.29. The molecular weight excluding hydrogens is 154 g/mol. The van der Waals surface area contributed by atoms with Gasteiger partial charge >= 0.3 is 0 Å². The molecule has 0 aromatic carbocycles. The number of ether oxygens (including phenoxy) is 1. The lowest BCUT2D eigenvalue weighted by Gasteiger charge is -2.16. The molecule has 0 spiro atoms. The smallest absolute Gasteiger partial charge is 0.185 e. The van der Waals surface area contributed by atoms with E-state index in [0.29, 0.717) is 18.3 Å². The fraction of sp³-hybridized carbons (Fsp3) is 0.750. The van der Waals surface area contributed by atoms with Crippen LogP contribution < -0.4 is 0 Å². The highest BCUT2D eigenvalue weighted by Gasteiger charge is 2.19. The van der Waals surface area contributed by atoms with Gasteiger partial charge in [0, 0.05) is 19.1 Å². The standard InChI is InChI=1S/C8H13N3O/c1-7(10)11(6-9)4-8-2-3-12-5-8/h8,10H,2-5H2,1H3. The molecule has 4 heteroatoms. The quantitative estimate of drug-likeness (QED) is 0.286. The number of nitrogens with zero attached hydrogens (tertiary/aromatic N) is 2. The molecule has 0 radical (unpaired) electrons. The van der Waals surface area contributed by atoms with E-state index in [1.807, 2.05) is 6.19 Å². The van der Waals surface area contributed by atoms with E-state index in [9.17, 15) is 0 Å². The zero-order valence-electron chi connectivity index (χ0n) is 7.21. The van der Waals surface area contributed by atoms with E-state index in [0.717, 1.165) is 19.6 Å². The fourth-order valence-corrected chi connectivity index (χ4v) is 1.24. The van der Waals surface area contributed by atoms with Gasteiger partial charge in [0.1, 0.15) is 5.84 Å². The molecule has 1 fully saturated rings. The van der Waals surface area contributed by atoms with Gasteiger partial charge in [-0.3, -0.25) is 10.3 Å². The molecule has 12 heavy (non-hydrogen) atoms. The summed E-state index contributed by atoms with van der Waals surface area (Å²) in [6.07, 6.45) is 2.99. The van der Waals surface area contributed by atoms with Gasteiger partial charge in [0.15, 0.2) is 6.19 Å². The lowest BCUT2D eigenvalue weighted by molar-refractivity contribution is 0.182. The average Bonchev–Trinajstić information content (AvgIpc) is 2.51. The van der Waals surface area contributed by atoms with Gasteiger partial charge in [0.2, 0.25) is 0 Å². The van der Waals surface area contributed by atoms with Crippen molar-refractivity contribution in [2.75, 3.05) is 19.8 Å². The van der Waals surface area contributed by atoms with E-state index in [1.165, 1.54) is 4.90 Å². The molecule has 1 aliphatic rings. The molecule has 1 N–H and O–H groups in total. The molecule has 0 aliphatic carbocycles. The van der Waals surface area contributed by atoms with Crippen molar-refractivity contribution >= 4 is 5.84 Å². The van der Waals surface area contributed by atoms with E-state index in [4.69, 9.17) is 15.4 Å². The maximum absolute atomic E-state index is 8.65. The summed E-state index contributed by atoms with van der Waals surface area (Å²) in [4.78, 5) is 1.40. The molecule has 4 nitrogen and oxygen atoms in total. The Balaban J connectivity index is 2.37. The zero-order chi connectivity index (χ0) is 8.97. The maximum atomic E-state index is 8.65. The van der Waals surface area contributed by atoms with Crippen molar-refractivity contribution in [1.29, 1.82) is 10.7 Å². The summed E-state index contributed by atoms with van der Waals surface area (Å²) in [6.45, 7) is 3.78. The first-order valence-corrected chi connectivity index (χ1v) is 4.04. The van der Waals surface area contributed by atoms with Crippen molar-refractivity contribution in [2.24, 2.45) is 5.92 Å². The third-order valence-electron chi connectivity index (χ3n) is 1.99. The summed E-state index contributed by atoms with van der Waals surface area (Å²) >= 11 is 0. The minimum atomic E-state index is 0.310. The Morgan fingerprint density at radius 2 is 2.58 bits per heavy atom. The van der Waals surface area contributed by atoms with Crippen LogP contribution in [0.3, 0.4) is 0 Å². The summed E-state index contributed by atoms with van der Waals surface area (Å²) in [5.41, 5.74) is 0. The van der Waals surface area contributed by atoms with Crippen molar-refractivity contribution in [3.8, 4) is 6.19 Å². The molecule has 1 unspecified atom stereocenters. The van der Waals surface area contributed by atoms with Gasteiger partial charge in [0.25, 0.3) is 0 Å². The normalized spacial score (nSPS) is 21.8. The lowest BCUT2D eigenvalue weighted by atomic mass is 10.1. The molecule has 1 saturated heterocycles. The van der Waals surface area contributed by atoms with Crippen LogP contribution in [0.4, 0.5) is 0 Å². The predicted molar refractivity (Wildman–Crippen MR) is 44.6 cm³/mol. The van der Waals surface area contributed by atoms with Crippen LogP contribution in [0.1, 0.15) is 13.3 Å². The highest BCUT2D eigenvalue weighted by Crippen LogP contribution is 2.13. The second-order valence-electron chi connectivity index (χ2n) is 3.03. The van der Waals surface area contributed by atoms with Gasteiger partial charge in [-0.15, -0.1) is 0 Å². The first-order valence-electron chi connectivity index (χ1n) is 4.04. The van der Waals surface area contributed by atoms with Crippen LogP contribution in [0.15, 0.2) is 0 Å². The van der Waals surface area contributed by atoms with Gasteiger partial charge in [-0.1, -0.05) is 0 Å². The Labute approximate surface area is 72.2 Å². The highest BCUT2D eigenvalue weighted by molar-refractivity contribution is 5.77. The molecule has 1 rings (SSSR count). The Bertz CT molecular complexity index is 203. The number of nitrogens with one attached hydrogen (secondary N) is 1.